The Morgan fingerprint density at radius 2 is 2.04 bits per heavy atom. The van der Waals surface area contributed by atoms with Crippen LogP contribution in [0.4, 0.5) is 5.95 Å². The van der Waals surface area contributed by atoms with Crippen LogP contribution in [0, 0.1) is 6.92 Å². The highest BCUT2D eigenvalue weighted by atomic mass is 79.9. The maximum atomic E-state index is 5.42. The van der Waals surface area contributed by atoms with E-state index in [0.717, 1.165) is 36.0 Å². The lowest BCUT2D eigenvalue weighted by Crippen LogP contribution is -2.28. The average molecular weight is 413 g/mol. The molecule has 1 atom stereocenters. The number of aromatic nitrogens is 2. The van der Waals surface area contributed by atoms with Crippen LogP contribution in [0.3, 0.4) is 0 Å². The van der Waals surface area contributed by atoms with Gasteiger partial charge in [0, 0.05) is 12.4 Å². The molecule has 0 spiro atoms. The molecule has 5 nitrogen and oxygen atoms in total. The first-order valence-corrected chi connectivity index (χ1v) is 9.58. The van der Waals surface area contributed by atoms with Crippen LogP contribution in [0.5, 0.6) is 5.75 Å². The molecule has 1 aromatic carbocycles. The first-order chi connectivity index (χ1) is 12.6. The van der Waals surface area contributed by atoms with Gasteiger partial charge in [0.25, 0.3) is 0 Å². The molecule has 2 aromatic rings. The van der Waals surface area contributed by atoms with Crippen LogP contribution >= 0.6 is 15.9 Å². The van der Waals surface area contributed by atoms with Gasteiger partial charge < -0.3 is 4.74 Å². The molecule has 1 aliphatic heterocycles. The molecule has 0 saturated heterocycles. The normalized spacial score (nSPS) is 19.5. The molecule has 1 aromatic heterocycles. The molecule has 0 bridgehead atoms. The predicted molar refractivity (Wildman–Crippen MR) is 107 cm³/mol. The molecular formula is C20H21BrN4O. The van der Waals surface area contributed by atoms with E-state index in [9.17, 15) is 0 Å². The minimum atomic E-state index is 0.519. The Morgan fingerprint density at radius 1 is 1.23 bits per heavy atom. The van der Waals surface area contributed by atoms with Crippen LogP contribution in [-0.2, 0) is 0 Å². The minimum Gasteiger partial charge on any atom is -0.497 e. The van der Waals surface area contributed by atoms with Crippen molar-refractivity contribution < 1.29 is 4.74 Å². The van der Waals surface area contributed by atoms with E-state index in [-0.39, 0.29) is 0 Å². The van der Waals surface area contributed by atoms with Gasteiger partial charge in [-0.25, -0.2) is 15.0 Å². The van der Waals surface area contributed by atoms with Gasteiger partial charge in [-0.05, 0) is 82.4 Å². The summed E-state index contributed by atoms with van der Waals surface area (Å²) in [4.78, 5) is 8.70. The van der Waals surface area contributed by atoms with Gasteiger partial charge in [-0.1, -0.05) is 6.07 Å². The van der Waals surface area contributed by atoms with Gasteiger partial charge in [-0.15, -0.1) is 0 Å². The SMILES string of the molecule is COc1ccc(C)c(C2CCC3=C(C=NN(c4ncc(Br)cn4)C3)C2)c1. The number of ether oxygens (including phenoxy) is 1. The number of hydrogen-bond donors (Lipinski definition) is 0. The third-order valence-corrected chi connectivity index (χ3v) is 5.58. The van der Waals surface area contributed by atoms with E-state index >= 15 is 0 Å². The molecular weight excluding hydrogens is 392 g/mol. The minimum absolute atomic E-state index is 0.519. The average Bonchev–Trinajstić information content (AvgIpc) is 2.68. The molecule has 134 valence electrons. The molecule has 4 rings (SSSR count). The van der Waals surface area contributed by atoms with Crippen molar-refractivity contribution in [3.05, 3.63) is 57.3 Å². The fourth-order valence-corrected chi connectivity index (χ4v) is 3.92. The topological polar surface area (TPSA) is 50.6 Å². The van der Waals surface area contributed by atoms with Crippen molar-refractivity contribution in [2.45, 2.75) is 32.1 Å². The summed E-state index contributed by atoms with van der Waals surface area (Å²) in [5.41, 5.74) is 5.53. The van der Waals surface area contributed by atoms with E-state index in [4.69, 9.17) is 4.74 Å². The van der Waals surface area contributed by atoms with E-state index in [1.54, 1.807) is 19.5 Å². The molecule has 6 heteroatoms. The summed E-state index contributed by atoms with van der Waals surface area (Å²) in [6.07, 6.45) is 8.76. The summed E-state index contributed by atoms with van der Waals surface area (Å²) in [6, 6.07) is 6.37. The van der Waals surface area contributed by atoms with Crippen molar-refractivity contribution in [3.8, 4) is 5.75 Å². The molecule has 0 N–H and O–H groups in total. The summed E-state index contributed by atoms with van der Waals surface area (Å²) in [5, 5.41) is 6.46. The van der Waals surface area contributed by atoms with Gasteiger partial charge in [-0.3, -0.25) is 0 Å². The highest BCUT2D eigenvalue weighted by Gasteiger charge is 2.27. The van der Waals surface area contributed by atoms with E-state index in [0.29, 0.717) is 11.9 Å². The third kappa shape index (κ3) is 3.38. The first-order valence-electron chi connectivity index (χ1n) is 8.78. The van der Waals surface area contributed by atoms with Crippen molar-refractivity contribution in [2.75, 3.05) is 18.7 Å². The van der Waals surface area contributed by atoms with Crippen LogP contribution in [0.1, 0.15) is 36.3 Å². The maximum Gasteiger partial charge on any atom is 0.246 e. The van der Waals surface area contributed by atoms with Crippen LogP contribution < -0.4 is 9.75 Å². The second-order valence-corrected chi connectivity index (χ2v) is 7.71. The third-order valence-electron chi connectivity index (χ3n) is 5.17. The number of anilines is 1. The second-order valence-electron chi connectivity index (χ2n) is 6.79. The zero-order valence-electron chi connectivity index (χ0n) is 14.9. The number of allylic oxidation sites excluding steroid dienone is 1. The van der Waals surface area contributed by atoms with Crippen LogP contribution in [-0.4, -0.2) is 29.8 Å². The quantitative estimate of drug-likeness (QED) is 0.737. The number of rotatable bonds is 3. The van der Waals surface area contributed by atoms with Crippen LogP contribution in [0.25, 0.3) is 0 Å². The molecule has 0 radical (unpaired) electrons. The Balaban J connectivity index is 1.52. The van der Waals surface area contributed by atoms with Crippen molar-refractivity contribution in [3.63, 3.8) is 0 Å². The lowest BCUT2D eigenvalue weighted by Gasteiger charge is -2.32. The van der Waals surface area contributed by atoms with Gasteiger partial charge in [0.05, 0.1) is 24.3 Å². The standard InChI is InChI=1S/C20H21BrN4O/c1-13-3-6-18(26-2)8-19(13)14-4-5-15-12-25(24-9-16(15)7-14)20-22-10-17(21)11-23-20/h3,6,8-11,14H,4-5,7,12H2,1-2H3. The Hall–Kier alpha value is -2.21. The molecule has 26 heavy (non-hydrogen) atoms. The largest absolute Gasteiger partial charge is 0.497 e. The fraction of sp³-hybridized carbons (Fsp3) is 0.350. The second kappa shape index (κ2) is 7.19. The number of aryl methyl sites for hydroxylation is 1. The zero-order valence-corrected chi connectivity index (χ0v) is 16.5. The lowest BCUT2D eigenvalue weighted by molar-refractivity contribution is 0.413. The monoisotopic (exact) mass is 412 g/mol. The summed E-state index contributed by atoms with van der Waals surface area (Å²) >= 11 is 3.37. The highest BCUT2D eigenvalue weighted by molar-refractivity contribution is 9.10. The summed E-state index contributed by atoms with van der Waals surface area (Å²) in [6.45, 7) is 2.96. The number of benzene rings is 1. The van der Waals surface area contributed by atoms with Gasteiger partial charge in [0.15, 0.2) is 0 Å². The Labute approximate surface area is 161 Å². The molecule has 1 unspecified atom stereocenters. The molecule has 0 fully saturated rings. The summed E-state index contributed by atoms with van der Waals surface area (Å²) < 4.78 is 6.29. The van der Waals surface area contributed by atoms with Crippen molar-refractivity contribution in [1.29, 1.82) is 0 Å². The van der Waals surface area contributed by atoms with Crippen molar-refractivity contribution >= 4 is 28.1 Å². The number of halogens is 1. The smallest absolute Gasteiger partial charge is 0.246 e. The Morgan fingerprint density at radius 3 is 2.81 bits per heavy atom. The van der Waals surface area contributed by atoms with E-state index in [1.807, 2.05) is 17.3 Å². The molecule has 1 aliphatic carbocycles. The summed E-state index contributed by atoms with van der Waals surface area (Å²) in [7, 11) is 1.72. The van der Waals surface area contributed by atoms with Crippen molar-refractivity contribution in [2.24, 2.45) is 5.10 Å². The van der Waals surface area contributed by atoms with E-state index in [2.05, 4.69) is 50.1 Å². The Kier molecular flexibility index (Phi) is 4.76. The highest BCUT2D eigenvalue weighted by Crippen LogP contribution is 2.39. The van der Waals surface area contributed by atoms with Crippen molar-refractivity contribution in [1.82, 2.24) is 9.97 Å². The first kappa shape index (κ1) is 17.2. The van der Waals surface area contributed by atoms with E-state index in [1.165, 1.54) is 22.3 Å². The lowest BCUT2D eigenvalue weighted by atomic mass is 9.78. The van der Waals surface area contributed by atoms with Crippen LogP contribution in [0.15, 0.2) is 51.3 Å². The maximum absolute atomic E-state index is 5.42. The molecule has 0 amide bonds. The number of methoxy groups -OCH3 is 1. The number of hydrogen-bond acceptors (Lipinski definition) is 5. The number of hydrazone groups is 1. The molecule has 2 aliphatic rings. The fourth-order valence-electron chi connectivity index (χ4n) is 3.72. The van der Waals surface area contributed by atoms with E-state index < -0.39 is 0 Å². The van der Waals surface area contributed by atoms with Gasteiger partial charge in [0.1, 0.15) is 5.75 Å². The van der Waals surface area contributed by atoms with Gasteiger partial charge in [-0.2, -0.15) is 5.10 Å². The van der Waals surface area contributed by atoms with Gasteiger partial charge >= 0.3 is 0 Å². The van der Waals surface area contributed by atoms with Gasteiger partial charge in [0.2, 0.25) is 5.95 Å². The predicted octanol–water partition coefficient (Wildman–Crippen LogP) is 4.63. The molecule has 0 saturated carbocycles. The Bertz CT molecular complexity index is 876. The summed E-state index contributed by atoms with van der Waals surface area (Å²) in [5.74, 6) is 2.09. The van der Waals surface area contributed by atoms with Crippen LogP contribution in [0.2, 0.25) is 0 Å². The zero-order chi connectivity index (χ0) is 18.1. The number of nitrogens with zero attached hydrogens (tertiary/aromatic N) is 4. The molecule has 2 heterocycles.